The van der Waals surface area contributed by atoms with Crippen molar-refractivity contribution in [3.05, 3.63) is 75.5 Å². The number of nitrogens with zero attached hydrogens (tertiary/aromatic N) is 2. The van der Waals surface area contributed by atoms with Crippen LogP contribution >= 0.6 is 22.9 Å². The lowest BCUT2D eigenvalue weighted by atomic mass is 10.1. The number of amides is 1. The van der Waals surface area contributed by atoms with Crippen LogP contribution in [-0.2, 0) is 0 Å². The molecule has 2 aromatic carbocycles. The SMILES string of the molecule is Cc1cccc(/C=C(\Cl)c2nnc(C(=O)Nc3ccc(F)cc3)s2)c1. The lowest BCUT2D eigenvalue weighted by Crippen LogP contribution is -2.11. The predicted molar refractivity (Wildman–Crippen MR) is 99.2 cm³/mol. The summed E-state index contributed by atoms with van der Waals surface area (Å²) in [6.07, 6.45) is 1.77. The van der Waals surface area contributed by atoms with Crippen LogP contribution in [0.15, 0.2) is 48.5 Å². The van der Waals surface area contributed by atoms with Gasteiger partial charge in [0.2, 0.25) is 5.01 Å². The van der Waals surface area contributed by atoms with Crippen LogP contribution in [0.25, 0.3) is 11.1 Å². The van der Waals surface area contributed by atoms with Crippen molar-refractivity contribution < 1.29 is 9.18 Å². The molecule has 1 amide bonds. The van der Waals surface area contributed by atoms with Crippen LogP contribution in [0.5, 0.6) is 0 Å². The molecule has 0 aliphatic rings. The quantitative estimate of drug-likeness (QED) is 0.702. The molecular weight excluding hydrogens is 361 g/mol. The maximum atomic E-state index is 12.9. The van der Waals surface area contributed by atoms with Crippen molar-refractivity contribution in [3.8, 4) is 0 Å². The molecule has 126 valence electrons. The molecule has 7 heteroatoms. The van der Waals surface area contributed by atoms with Gasteiger partial charge in [-0.05, 0) is 42.8 Å². The van der Waals surface area contributed by atoms with E-state index in [4.69, 9.17) is 11.6 Å². The van der Waals surface area contributed by atoms with E-state index in [0.29, 0.717) is 15.7 Å². The summed E-state index contributed by atoms with van der Waals surface area (Å²) in [5, 5.41) is 11.5. The molecule has 1 N–H and O–H groups in total. The Kier molecular flexibility index (Phi) is 5.21. The summed E-state index contributed by atoms with van der Waals surface area (Å²) >= 11 is 7.37. The minimum Gasteiger partial charge on any atom is -0.320 e. The third kappa shape index (κ3) is 4.49. The summed E-state index contributed by atoms with van der Waals surface area (Å²) in [5.74, 6) is -0.792. The summed E-state index contributed by atoms with van der Waals surface area (Å²) in [5.41, 5.74) is 2.54. The Morgan fingerprint density at radius 1 is 1.16 bits per heavy atom. The minimum absolute atomic E-state index is 0.176. The van der Waals surface area contributed by atoms with Gasteiger partial charge in [-0.1, -0.05) is 52.8 Å². The van der Waals surface area contributed by atoms with E-state index < -0.39 is 5.91 Å². The molecule has 0 atom stereocenters. The highest BCUT2D eigenvalue weighted by Crippen LogP contribution is 2.26. The number of aryl methyl sites for hydroxylation is 1. The number of nitrogens with one attached hydrogen (secondary N) is 1. The zero-order valence-corrected chi connectivity index (χ0v) is 14.7. The minimum atomic E-state index is -0.421. The van der Waals surface area contributed by atoms with Crippen LogP contribution in [0, 0.1) is 12.7 Å². The summed E-state index contributed by atoms with van der Waals surface area (Å²) in [6.45, 7) is 1.99. The number of aromatic nitrogens is 2. The normalized spacial score (nSPS) is 11.4. The Hall–Kier alpha value is -2.57. The molecule has 0 unspecified atom stereocenters. The zero-order valence-electron chi connectivity index (χ0n) is 13.2. The molecule has 25 heavy (non-hydrogen) atoms. The number of halogens is 2. The zero-order chi connectivity index (χ0) is 17.8. The lowest BCUT2D eigenvalue weighted by Gasteiger charge is -2.01. The van der Waals surface area contributed by atoms with Crippen LogP contribution in [0.2, 0.25) is 0 Å². The van der Waals surface area contributed by atoms with Crippen molar-refractivity contribution in [2.24, 2.45) is 0 Å². The van der Waals surface area contributed by atoms with E-state index >= 15 is 0 Å². The van der Waals surface area contributed by atoms with Gasteiger partial charge in [0, 0.05) is 5.69 Å². The molecule has 0 saturated carbocycles. The molecule has 0 aliphatic heterocycles. The van der Waals surface area contributed by atoms with Crippen molar-refractivity contribution in [1.82, 2.24) is 10.2 Å². The molecule has 0 bridgehead atoms. The monoisotopic (exact) mass is 373 g/mol. The molecule has 1 heterocycles. The Morgan fingerprint density at radius 2 is 1.88 bits per heavy atom. The van der Waals surface area contributed by atoms with Crippen molar-refractivity contribution in [3.63, 3.8) is 0 Å². The van der Waals surface area contributed by atoms with Crippen molar-refractivity contribution in [2.45, 2.75) is 6.92 Å². The number of hydrogen-bond donors (Lipinski definition) is 1. The maximum absolute atomic E-state index is 12.9. The van der Waals surface area contributed by atoms with Crippen LogP contribution in [0.3, 0.4) is 0 Å². The first-order valence-electron chi connectivity index (χ1n) is 7.36. The number of carbonyl (C=O) groups is 1. The average Bonchev–Trinajstić information content (AvgIpc) is 3.07. The fourth-order valence-electron chi connectivity index (χ4n) is 2.10. The van der Waals surface area contributed by atoms with E-state index in [1.807, 2.05) is 31.2 Å². The first-order valence-corrected chi connectivity index (χ1v) is 8.55. The highest BCUT2D eigenvalue weighted by atomic mass is 35.5. The first kappa shape index (κ1) is 17.3. The van der Waals surface area contributed by atoms with Crippen molar-refractivity contribution in [2.75, 3.05) is 5.32 Å². The van der Waals surface area contributed by atoms with E-state index in [-0.39, 0.29) is 10.8 Å². The highest BCUT2D eigenvalue weighted by Gasteiger charge is 2.15. The molecule has 3 aromatic rings. The lowest BCUT2D eigenvalue weighted by molar-refractivity contribution is 0.102. The maximum Gasteiger partial charge on any atom is 0.286 e. The summed E-state index contributed by atoms with van der Waals surface area (Å²) in [4.78, 5) is 12.2. The Balaban J connectivity index is 1.75. The van der Waals surface area contributed by atoms with E-state index in [2.05, 4.69) is 15.5 Å². The van der Waals surface area contributed by atoms with Crippen LogP contribution in [-0.4, -0.2) is 16.1 Å². The second-order valence-corrected chi connectivity index (χ2v) is 6.66. The largest absolute Gasteiger partial charge is 0.320 e. The Bertz CT molecular complexity index is 938. The standard InChI is InChI=1S/C18H13ClFN3OS/c1-11-3-2-4-12(9-11)10-15(19)17-22-23-18(25-17)16(24)21-14-7-5-13(20)6-8-14/h2-10H,1H3,(H,21,24)/b15-10-. The van der Waals surface area contributed by atoms with Gasteiger partial charge in [0.15, 0.2) is 5.01 Å². The van der Waals surface area contributed by atoms with Crippen LogP contribution in [0.4, 0.5) is 10.1 Å². The third-order valence-electron chi connectivity index (χ3n) is 3.26. The second kappa shape index (κ2) is 7.55. The molecule has 0 aliphatic carbocycles. The van der Waals surface area contributed by atoms with Gasteiger partial charge in [0.25, 0.3) is 5.91 Å². The Labute approximate surface area is 153 Å². The summed E-state index contributed by atoms with van der Waals surface area (Å²) < 4.78 is 12.9. The second-order valence-electron chi connectivity index (χ2n) is 5.28. The van der Waals surface area contributed by atoms with E-state index in [1.165, 1.54) is 24.3 Å². The number of carbonyl (C=O) groups excluding carboxylic acids is 1. The third-order valence-corrected chi connectivity index (χ3v) is 4.62. The van der Waals surface area contributed by atoms with Gasteiger partial charge in [0.05, 0.1) is 5.03 Å². The molecule has 4 nitrogen and oxygen atoms in total. The number of hydrogen-bond acceptors (Lipinski definition) is 4. The summed E-state index contributed by atoms with van der Waals surface area (Å²) in [6, 6.07) is 13.3. The van der Waals surface area contributed by atoms with Gasteiger partial charge in [0.1, 0.15) is 5.82 Å². The molecule has 0 fully saturated rings. The highest BCUT2D eigenvalue weighted by molar-refractivity contribution is 7.15. The molecule has 0 radical (unpaired) electrons. The number of benzene rings is 2. The first-order chi connectivity index (χ1) is 12.0. The van der Waals surface area contributed by atoms with Gasteiger partial charge in [-0.15, -0.1) is 10.2 Å². The van der Waals surface area contributed by atoms with Gasteiger partial charge in [-0.25, -0.2) is 4.39 Å². The van der Waals surface area contributed by atoms with Gasteiger partial charge in [-0.3, -0.25) is 4.79 Å². The van der Waals surface area contributed by atoms with Gasteiger partial charge < -0.3 is 5.32 Å². The topological polar surface area (TPSA) is 54.9 Å². The molecular formula is C18H13ClFN3OS. The van der Waals surface area contributed by atoms with Crippen LogP contribution in [0.1, 0.15) is 25.9 Å². The van der Waals surface area contributed by atoms with E-state index in [9.17, 15) is 9.18 Å². The summed E-state index contributed by atoms with van der Waals surface area (Å²) in [7, 11) is 0. The number of anilines is 1. The predicted octanol–water partition coefficient (Wildman–Crippen LogP) is 4.97. The molecule has 0 saturated heterocycles. The van der Waals surface area contributed by atoms with Gasteiger partial charge >= 0.3 is 0 Å². The molecule has 0 spiro atoms. The van der Waals surface area contributed by atoms with E-state index in [0.717, 1.165) is 22.5 Å². The smallest absolute Gasteiger partial charge is 0.286 e. The van der Waals surface area contributed by atoms with Gasteiger partial charge in [-0.2, -0.15) is 0 Å². The van der Waals surface area contributed by atoms with Crippen molar-refractivity contribution >= 4 is 45.6 Å². The molecule has 3 rings (SSSR count). The fourth-order valence-corrected chi connectivity index (χ4v) is 3.02. The molecule has 1 aromatic heterocycles. The van der Waals surface area contributed by atoms with E-state index in [1.54, 1.807) is 6.08 Å². The van der Waals surface area contributed by atoms with Crippen LogP contribution < -0.4 is 5.32 Å². The Morgan fingerprint density at radius 3 is 2.60 bits per heavy atom. The van der Waals surface area contributed by atoms with Crippen molar-refractivity contribution in [1.29, 1.82) is 0 Å². The fraction of sp³-hybridized carbons (Fsp3) is 0.0556. The average molecular weight is 374 g/mol. The number of rotatable bonds is 4.